The minimum atomic E-state index is 0.776. The van der Waals surface area contributed by atoms with E-state index in [1.165, 1.54) is 6.45 Å². The van der Waals surface area contributed by atoms with Crippen LogP contribution in [0.3, 0.4) is 0 Å². The van der Waals surface area contributed by atoms with Crippen LogP contribution >= 0.6 is 44.0 Å². The summed E-state index contributed by atoms with van der Waals surface area (Å²) in [5.41, 5.74) is 0. The summed E-state index contributed by atoms with van der Waals surface area (Å²) in [6.45, 7) is 2.21. The van der Waals surface area contributed by atoms with E-state index < -0.39 is 0 Å². The third-order valence-corrected chi connectivity index (χ3v) is 3.66. The lowest BCUT2D eigenvalue weighted by Gasteiger charge is -1.94. The molecule has 0 aliphatic rings. The van der Waals surface area contributed by atoms with Gasteiger partial charge in [-0.2, -0.15) is 22.4 Å². The number of rotatable bonds is 4. The zero-order valence-electron chi connectivity index (χ0n) is 4.98. The van der Waals surface area contributed by atoms with Gasteiger partial charge in [-0.25, -0.2) is 0 Å². The molecule has 0 saturated heterocycles. The van der Waals surface area contributed by atoms with Crippen LogP contribution < -0.4 is 4.72 Å². The summed E-state index contributed by atoms with van der Waals surface area (Å²) in [6.07, 6.45) is 1.21. The van der Waals surface area contributed by atoms with Crippen molar-refractivity contribution in [2.45, 2.75) is 6.82 Å². The van der Waals surface area contributed by atoms with E-state index in [1.807, 2.05) is 17.7 Å². The Bertz CT molecular complexity index is 55.3. The van der Waals surface area contributed by atoms with Crippen molar-refractivity contribution in [1.82, 2.24) is 4.72 Å². The van der Waals surface area contributed by atoms with Crippen molar-refractivity contribution in [2.24, 2.45) is 0 Å². The van der Waals surface area contributed by atoms with Gasteiger partial charge in [-0.15, -0.1) is 10.6 Å². The molecular formula is C2H8B2INS2. The molecule has 1 N–H and O–H groups in total. The smallest absolute Gasteiger partial charge is 0.193 e. The standard InChI is InChI=1S/C2H8B2INS2/c1-4(5)3-7-8-6-2/h3,6H,1-2H3. The second-order valence-electron chi connectivity index (χ2n) is 1.35. The molecule has 0 atom stereocenters. The van der Waals surface area contributed by atoms with Crippen LogP contribution in [0.2, 0.25) is 6.82 Å². The molecule has 0 aliphatic heterocycles. The van der Waals surface area contributed by atoms with Crippen molar-refractivity contribution in [3.05, 3.63) is 0 Å². The second-order valence-corrected chi connectivity index (χ2v) is 5.83. The maximum atomic E-state index is 3.00. The SMILES string of the molecule is CNSSBB(C)I. The van der Waals surface area contributed by atoms with E-state index in [0.29, 0.717) is 0 Å². The molecule has 0 amide bonds. The van der Waals surface area contributed by atoms with Crippen molar-refractivity contribution in [3.63, 3.8) is 0 Å². The van der Waals surface area contributed by atoms with Crippen LogP contribution in [0.1, 0.15) is 0 Å². The molecule has 0 aromatic heterocycles. The van der Waals surface area contributed by atoms with Gasteiger partial charge in [0.05, 0.1) is 0 Å². The van der Waals surface area contributed by atoms with Gasteiger partial charge in [0.1, 0.15) is 0 Å². The van der Waals surface area contributed by atoms with Crippen LogP contribution in [-0.4, -0.2) is 18.0 Å². The fourth-order valence-electron chi connectivity index (χ4n) is 0.187. The van der Waals surface area contributed by atoms with Crippen LogP contribution in [0, 0.1) is 0 Å². The molecule has 0 aromatic carbocycles. The normalized spacial score (nSPS) is 8.88. The Morgan fingerprint density at radius 3 is 2.75 bits per heavy atom. The summed E-state index contributed by atoms with van der Waals surface area (Å²) in [7, 11) is 5.50. The predicted molar refractivity (Wildman–Crippen MR) is 57.0 cm³/mol. The summed E-state index contributed by atoms with van der Waals surface area (Å²) in [5.74, 6) is 0. The Kier molecular flexibility index (Phi) is 7.90. The van der Waals surface area contributed by atoms with E-state index in [0.717, 1.165) is 4.46 Å². The summed E-state index contributed by atoms with van der Waals surface area (Å²) in [5, 5.41) is 0. The first-order valence-corrected chi connectivity index (χ1v) is 5.93. The molecule has 0 saturated carbocycles. The lowest BCUT2D eigenvalue weighted by atomic mass is 9.56. The Labute approximate surface area is 73.1 Å². The summed E-state index contributed by atoms with van der Waals surface area (Å²) >= 11 is 2.42. The molecule has 46 valence electrons. The molecule has 8 heavy (non-hydrogen) atoms. The molecule has 0 heterocycles. The largest absolute Gasteiger partial charge is 0.259 e. The van der Waals surface area contributed by atoms with Crippen LogP contribution in [0.15, 0.2) is 0 Å². The van der Waals surface area contributed by atoms with Gasteiger partial charge in [-0.3, -0.25) is 4.72 Å². The van der Waals surface area contributed by atoms with E-state index in [4.69, 9.17) is 0 Å². The van der Waals surface area contributed by atoms with E-state index in [9.17, 15) is 0 Å². The summed E-state index contributed by atoms with van der Waals surface area (Å²) in [6, 6.07) is 0. The summed E-state index contributed by atoms with van der Waals surface area (Å²) < 4.78 is 3.78. The van der Waals surface area contributed by atoms with Gasteiger partial charge >= 0.3 is 0 Å². The van der Waals surface area contributed by atoms with E-state index >= 15 is 0 Å². The third kappa shape index (κ3) is 7.52. The number of hydrogen-bond acceptors (Lipinski definition) is 3. The van der Waals surface area contributed by atoms with Crippen LogP contribution in [0.25, 0.3) is 0 Å². The fraction of sp³-hybridized carbons (Fsp3) is 1.00. The van der Waals surface area contributed by atoms with Crippen molar-refractivity contribution in [2.75, 3.05) is 7.05 Å². The Hall–Kier alpha value is 1.52. The van der Waals surface area contributed by atoms with E-state index in [1.54, 1.807) is 11.0 Å². The number of halogens is 1. The molecule has 6 heteroatoms. The minimum absolute atomic E-state index is 0.776. The molecule has 0 spiro atoms. The first-order valence-electron chi connectivity index (χ1n) is 2.36. The molecular weight excluding hydrogens is 251 g/mol. The van der Waals surface area contributed by atoms with Gasteiger partial charge in [0, 0.05) is 0 Å². The van der Waals surface area contributed by atoms with Gasteiger partial charge in [-0.1, -0.05) is 6.82 Å². The molecule has 1 nitrogen and oxygen atoms in total. The molecule has 0 aliphatic carbocycles. The molecule has 0 unspecified atom stereocenters. The molecule has 0 aromatic rings. The highest BCUT2D eigenvalue weighted by Crippen LogP contribution is 2.15. The van der Waals surface area contributed by atoms with Gasteiger partial charge in [0.25, 0.3) is 0 Å². The maximum absolute atomic E-state index is 3.00. The highest BCUT2D eigenvalue weighted by molar-refractivity contribution is 14.1. The van der Waals surface area contributed by atoms with Crippen molar-refractivity contribution in [3.8, 4) is 0 Å². The van der Waals surface area contributed by atoms with E-state index in [-0.39, 0.29) is 0 Å². The Morgan fingerprint density at radius 1 is 1.75 bits per heavy atom. The molecule has 0 bridgehead atoms. The molecule has 0 radical (unpaired) electrons. The quantitative estimate of drug-likeness (QED) is 0.269. The van der Waals surface area contributed by atoms with Crippen LogP contribution in [0.4, 0.5) is 0 Å². The van der Waals surface area contributed by atoms with Crippen LogP contribution in [-0.2, 0) is 0 Å². The summed E-state index contributed by atoms with van der Waals surface area (Å²) in [4.78, 5) is 0. The predicted octanol–water partition coefficient (Wildman–Crippen LogP) is 1.41. The van der Waals surface area contributed by atoms with Gasteiger partial charge in [-0.05, 0) is 18.0 Å². The van der Waals surface area contributed by atoms with Gasteiger partial charge < -0.3 is 0 Å². The zero-order valence-corrected chi connectivity index (χ0v) is 8.77. The number of nitrogens with one attached hydrogen (secondary N) is 1. The molecule has 0 rings (SSSR count). The van der Waals surface area contributed by atoms with E-state index in [2.05, 4.69) is 33.9 Å². The Balaban J connectivity index is 2.72. The Morgan fingerprint density at radius 2 is 2.38 bits per heavy atom. The highest BCUT2D eigenvalue weighted by atomic mass is 127. The maximum Gasteiger partial charge on any atom is 0.193 e. The second kappa shape index (κ2) is 6.64. The average Bonchev–Trinajstić information content (AvgIpc) is 1.66. The zero-order chi connectivity index (χ0) is 6.41. The van der Waals surface area contributed by atoms with Gasteiger partial charge in [0.2, 0.25) is 0 Å². The van der Waals surface area contributed by atoms with Crippen molar-refractivity contribution >= 4 is 54.9 Å². The topological polar surface area (TPSA) is 12.0 Å². The fourth-order valence-corrected chi connectivity index (χ4v) is 3.00. The highest BCUT2D eigenvalue weighted by Gasteiger charge is 2.01. The monoisotopic (exact) mass is 259 g/mol. The average molecular weight is 259 g/mol. The van der Waals surface area contributed by atoms with Crippen LogP contribution in [0.5, 0.6) is 0 Å². The molecule has 0 fully saturated rings. The number of hydrogen-bond donors (Lipinski definition) is 1. The lowest BCUT2D eigenvalue weighted by Crippen LogP contribution is -2.04. The minimum Gasteiger partial charge on any atom is -0.259 e. The first kappa shape index (κ1) is 9.52. The first-order chi connectivity index (χ1) is 3.77. The van der Waals surface area contributed by atoms with Crippen molar-refractivity contribution in [1.29, 1.82) is 0 Å². The van der Waals surface area contributed by atoms with Crippen molar-refractivity contribution < 1.29 is 0 Å². The lowest BCUT2D eigenvalue weighted by molar-refractivity contribution is 1.31. The van der Waals surface area contributed by atoms with Gasteiger partial charge in [0.15, 0.2) is 10.9 Å². The third-order valence-electron chi connectivity index (χ3n) is 0.440.